The predicted molar refractivity (Wildman–Crippen MR) is 87.9 cm³/mol. The summed E-state index contributed by atoms with van der Waals surface area (Å²) in [4.78, 5) is 10.9. The molecule has 0 aliphatic carbocycles. The summed E-state index contributed by atoms with van der Waals surface area (Å²) in [5.41, 5.74) is 0.905. The van der Waals surface area contributed by atoms with Crippen LogP contribution in [0.1, 0.15) is 25.8 Å². The Bertz CT molecular complexity index is 646. The fourth-order valence-corrected chi connectivity index (χ4v) is 5.30. The molecule has 8 heteroatoms. The summed E-state index contributed by atoms with van der Waals surface area (Å²) < 4.78 is 27.9. The highest BCUT2D eigenvalue weighted by Gasteiger charge is 2.30. The second kappa shape index (κ2) is 7.21. The molecule has 0 spiro atoms. The molecule has 1 N–H and O–H groups in total. The Hall–Kier alpha value is -0.440. The molecule has 1 unspecified atom stereocenters. The first kappa shape index (κ1) is 18.6. The van der Waals surface area contributed by atoms with Crippen molar-refractivity contribution in [2.24, 2.45) is 0 Å². The first-order chi connectivity index (χ1) is 9.61. The van der Waals surface area contributed by atoms with E-state index >= 15 is 0 Å². The van der Waals surface area contributed by atoms with Gasteiger partial charge < -0.3 is 5.11 Å². The predicted octanol–water partition coefficient (Wildman–Crippen LogP) is 3.39. The molecule has 118 valence electrons. The maximum Gasteiger partial charge on any atom is 0.304 e. The third-order valence-corrected chi connectivity index (χ3v) is 6.98. The standard InChI is InChI=1S/C13H17Br2NO4S/c1-4-16(9(3)6-13(17)18)21(19,20)12-7-10(14)8(2)5-11(12)15/h5,7,9H,4,6H2,1-3H3,(H,17,18). The van der Waals surface area contributed by atoms with Crippen LogP contribution in [0, 0.1) is 6.92 Å². The largest absolute Gasteiger partial charge is 0.481 e. The van der Waals surface area contributed by atoms with Gasteiger partial charge in [-0.15, -0.1) is 0 Å². The maximum absolute atomic E-state index is 12.8. The van der Waals surface area contributed by atoms with Crippen molar-refractivity contribution in [3.63, 3.8) is 0 Å². The minimum Gasteiger partial charge on any atom is -0.481 e. The van der Waals surface area contributed by atoms with E-state index in [1.165, 1.54) is 10.4 Å². The fourth-order valence-electron chi connectivity index (χ4n) is 2.03. The van der Waals surface area contributed by atoms with Gasteiger partial charge in [0.05, 0.1) is 11.3 Å². The molecule has 1 rings (SSSR count). The van der Waals surface area contributed by atoms with Crippen molar-refractivity contribution in [2.75, 3.05) is 6.54 Å². The summed E-state index contributed by atoms with van der Waals surface area (Å²) in [7, 11) is -3.77. The second-order valence-corrected chi connectivity index (χ2v) is 8.25. The Morgan fingerprint density at radius 1 is 1.33 bits per heavy atom. The molecule has 0 bridgehead atoms. The number of nitrogens with zero attached hydrogens (tertiary/aromatic N) is 1. The molecule has 0 fully saturated rings. The van der Waals surface area contributed by atoms with Gasteiger partial charge in [0.25, 0.3) is 0 Å². The number of halogens is 2. The van der Waals surface area contributed by atoms with E-state index in [1.807, 2.05) is 6.92 Å². The van der Waals surface area contributed by atoms with Gasteiger partial charge in [-0.2, -0.15) is 4.31 Å². The highest BCUT2D eigenvalue weighted by atomic mass is 79.9. The van der Waals surface area contributed by atoms with Gasteiger partial charge in [-0.25, -0.2) is 8.42 Å². The molecule has 0 saturated carbocycles. The first-order valence-electron chi connectivity index (χ1n) is 6.30. The van der Waals surface area contributed by atoms with E-state index in [0.717, 1.165) is 5.56 Å². The van der Waals surface area contributed by atoms with Crippen molar-refractivity contribution in [3.05, 3.63) is 26.6 Å². The lowest BCUT2D eigenvalue weighted by molar-refractivity contribution is -0.137. The zero-order chi connectivity index (χ0) is 16.4. The summed E-state index contributed by atoms with van der Waals surface area (Å²) in [5.74, 6) is -1.03. The van der Waals surface area contributed by atoms with Crippen LogP contribution >= 0.6 is 31.9 Å². The van der Waals surface area contributed by atoms with E-state index in [9.17, 15) is 13.2 Å². The highest BCUT2D eigenvalue weighted by Crippen LogP contribution is 2.31. The van der Waals surface area contributed by atoms with E-state index in [-0.39, 0.29) is 17.9 Å². The smallest absolute Gasteiger partial charge is 0.304 e. The molecule has 21 heavy (non-hydrogen) atoms. The molecular weight excluding hydrogens is 426 g/mol. The minimum absolute atomic E-state index is 0.124. The zero-order valence-corrected chi connectivity index (χ0v) is 15.9. The lowest BCUT2D eigenvalue weighted by Gasteiger charge is -2.26. The van der Waals surface area contributed by atoms with Gasteiger partial charge in [0.1, 0.15) is 0 Å². The quantitative estimate of drug-likeness (QED) is 0.732. The summed E-state index contributed by atoms with van der Waals surface area (Å²) in [6, 6.07) is 2.63. The third kappa shape index (κ3) is 4.28. The van der Waals surface area contributed by atoms with Crippen LogP contribution in [-0.4, -0.2) is 36.4 Å². The lowest BCUT2D eigenvalue weighted by Crippen LogP contribution is -2.39. The molecule has 1 aromatic rings. The highest BCUT2D eigenvalue weighted by molar-refractivity contribution is 9.11. The monoisotopic (exact) mass is 441 g/mol. The number of hydrogen-bond donors (Lipinski definition) is 1. The number of benzene rings is 1. The van der Waals surface area contributed by atoms with Crippen LogP contribution in [0.15, 0.2) is 26.0 Å². The Morgan fingerprint density at radius 2 is 1.90 bits per heavy atom. The van der Waals surface area contributed by atoms with Crippen LogP contribution in [0.3, 0.4) is 0 Å². The van der Waals surface area contributed by atoms with Crippen LogP contribution in [-0.2, 0) is 14.8 Å². The van der Waals surface area contributed by atoms with Crippen molar-refractivity contribution in [2.45, 2.75) is 38.1 Å². The molecule has 1 aromatic carbocycles. The Labute approximate surface area is 141 Å². The number of rotatable bonds is 6. The first-order valence-corrected chi connectivity index (χ1v) is 9.33. The SMILES string of the molecule is CCN(C(C)CC(=O)O)S(=O)(=O)c1cc(Br)c(C)cc1Br. The van der Waals surface area contributed by atoms with Gasteiger partial charge >= 0.3 is 5.97 Å². The maximum atomic E-state index is 12.8. The van der Waals surface area contributed by atoms with Crippen LogP contribution in [0.4, 0.5) is 0 Å². The van der Waals surface area contributed by atoms with Gasteiger partial charge in [-0.1, -0.05) is 22.9 Å². The molecular formula is C13H17Br2NO4S. The average Bonchev–Trinajstić information content (AvgIpc) is 2.33. The van der Waals surface area contributed by atoms with Crippen molar-refractivity contribution in [1.29, 1.82) is 0 Å². The fraction of sp³-hybridized carbons (Fsp3) is 0.462. The molecule has 0 amide bonds. The Balaban J connectivity index is 3.31. The molecule has 0 aliphatic heterocycles. The second-order valence-electron chi connectivity index (χ2n) is 4.69. The summed E-state index contributed by atoms with van der Waals surface area (Å²) in [6.07, 6.45) is -0.238. The van der Waals surface area contributed by atoms with Crippen molar-refractivity contribution < 1.29 is 18.3 Å². The third-order valence-electron chi connectivity index (χ3n) is 3.07. The van der Waals surface area contributed by atoms with Gasteiger partial charge in [0.15, 0.2) is 0 Å². The van der Waals surface area contributed by atoms with Gasteiger partial charge in [0.2, 0.25) is 10.0 Å². The molecule has 0 aliphatic rings. The van der Waals surface area contributed by atoms with Crippen molar-refractivity contribution >= 4 is 47.9 Å². The minimum atomic E-state index is -3.77. The van der Waals surface area contributed by atoms with Gasteiger partial charge in [-0.3, -0.25) is 4.79 Å². The van der Waals surface area contributed by atoms with E-state index in [1.54, 1.807) is 19.9 Å². The average molecular weight is 443 g/mol. The van der Waals surface area contributed by atoms with E-state index < -0.39 is 22.0 Å². The van der Waals surface area contributed by atoms with Crippen molar-refractivity contribution in [3.8, 4) is 0 Å². The number of hydrogen-bond acceptors (Lipinski definition) is 3. The number of carboxylic acid groups (broad SMARTS) is 1. The normalized spacial score (nSPS) is 13.4. The molecule has 5 nitrogen and oxygen atoms in total. The van der Waals surface area contributed by atoms with Crippen LogP contribution in [0.5, 0.6) is 0 Å². The van der Waals surface area contributed by atoms with Crippen LogP contribution in [0.2, 0.25) is 0 Å². The Morgan fingerprint density at radius 3 is 2.38 bits per heavy atom. The molecule has 0 radical (unpaired) electrons. The molecule has 0 saturated heterocycles. The number of aliphatic carboxylic acids is 1. The van der Waals surface area contributed by atoms with Gasteiger partial charge in [-0.05, 0) is 47.5 Å². The topological polar surface area (TPSA) is 74.7 Å². The number of carboxylic acids is 1. The molecule has 1 atom stereocenters. The molecule has 0 heterocycles. The number of aryl methyl sites for hydroxylation is 1. The van der Waals surface area contributed by atoms with E-state index in [0.29, 0.717) is 8.95 Å². The summed E-state index contributed by atoms with van der Waals surface area (Å²) >= 11 is 6.59. The zero-order valence-electron chi connectivity index (χ0n) is 11.9. The number of sulfonamides is 1. The van der Waals surface area contributed by atoms with Gasteiger partial charge in [0, 0.05) is 21.5 Å². The van der Waals surface area contributed by atoms with Crippen LogP contribution in [0.25, 0.3) is 0 Å². The number of carbonyl (C=O) groups is 1. The lowest BCUT2D eigenvalue weighted by atomic mass is 10.2. The molecule has 0 aromatic heterocycles. The summed E-state index contributed by atoms with van der Waals surface area (Å²) in [6.45, 7) is 5.34. The van der Waals surface area contributed by atoms with E-state index in [2.05, 4.69) is 31.9 Å². The van der Waals surface area contributed by atoms with Crippen molar-refractivity contribution in [1.82, 2.24) is 4.31 Å². The summed E-state index contributed by atoms with van der Waals surface area (Å²) in [5, 5.41) is 8.86. The van der Waals surface area contributed by atoms with Crippen LogP contribution < -0.4 is 0 Å². The van der Waals surface area contributed by atoms with E-state index in [4.69, 9.17) is 5.11 Å². The Kier molecular flexibility index (Phi) is 6.39.